The predicted molar refractivity (Wildman–Crippen MR) is 108 cm³/mol. The molecule has 1 saturated heterocycles. The molecular formula is C22H27F2N3O2. The molecule has 0 bridgehead atoms. The first-order valence-electron chi connectivity index (χ1n) is 9.87. The molecule has 2 aromatic rings. The van der Waals surface area contributed by atoms with Crippen LogP contribution in [0.5, 0.6) is 5.75 Å². The van der Waals surface area contributed by atoms with Gasteiger partial charge in [-0.1, -0.05) is 18.2 Å². The number of hydrogen-bond donors (Lipinski definition) is 2. The van der Waals surface area contributed by atoms with Crippen LogP contribution >= 0.6 is 0 Å². The van der Waals surface area contributed by atoms with E-state index in [2.05, 4.69) is 15.5 Å². The molecular weight excluding hydrogens is 376 g/mol. The molecule has 5 nitrogen and oxygen atoms in total. The molecule has 29 heavy (non-hydrogen) atoms. The summed E-state index contributed by atoms with van der Waals surface area (Å²) in [4.78, 5) is 14.3. The molecule has 0 radical (unpaired) electrons. The number of benzene rings is 2. The van der Waals surface area contributed by atoms with Gasteiger partial charge in [-0.15, -0.1) is 0 Å². The standard InChI is InChI=1S/C22H27F2N3O2/c1-29-21-7-4-17(14-20(21)24)15-27-12-9-19(10-13-27)26-22(28)25-11-8-16-2-5-18(23)6-3-16/h2-7,14,19H,8-13,15H2,1H3,(H2,25,26,28). The molecule has 0 spiro atoms. The van der Waals surface area contributed by atoms with Crippen LogP contribution in [0.2, 0.25) is 0 Å². The van der Waals surface area contributed by atoms with Crippen molar-refractivity contribution < 1.29 is 18.3 Å². The average Bonchev–Trinajstić information content (AvgIpc) is 2.71. The maximum Gasteiger partial charge on any atom is 0.315 e. The Morgan fingerprint density at radius 2 is 1.79 bits per heavy atom. The van der Waals surface area contributed by atoms with Gasteiger partial charge < -0.3 is 15.4 Å². The van der Waals surface area contributed by atoms with Gasteiger partial charge in [-0.2, -0.15) is 0 Å². The summed E-state index contributed by atoms with van der Waals surface area (Å²) >= 11 is 0. The summed E-state index contributed by atoms with van der Waals surface area (Å²) in [7, 11) is 1.45. The second kappa shape index (κ2) is 10.2. The van der Waals surface area contributed by atoms with Gasteiger partial charge in [0.1, 0.15) is 5.82 Å². The van der Waals surface area contributed by atoms with Crippen LogP contribution in [0.4, 0.5) is 13.6 Å². The highest BCUT2D eigenvalue weighted by atomic mass is 19.1. The fourth-order valence-electron chi connectivity index (χ4n) is 3.51. The Kier molecular flexibility index (Phi) is 7.41. The zero-order valence-corrected chi connectivity index (χ0v) is 16.6. The number of likely N-dealkylation sites (tertiary alicyclic amines) is 1. The molecule has 0 saturated carbocycles. The number of nitrogens with one attached hydrogen (secondary N) is 2. The molecule has 1 heterocycles. The lowest BCUT2D eigenvalue weighted by molar-refractivity contribution is 0.186. The van der Waals surface area contributed by atoms with Gasteiger partial charge in [-0.05, 0) is 54.7 Å². The van der Waals surface area contributed by atoms with E-state index in [0.717, 1.165) is 37.1 Å². The number of carbonyl (C=O) groups is 1. The summed E-state index contributed by atoms with van der Waals surface area (Å²) in [6, 6.07) is 11.3. The van der Waals surface area contributed by atoms with Crippen LogP contribution in [0.1, 0.15) is 24.0 Å². The van der Waals surface area contributed by atoms with Crippen molar-refractivity contribution in [3.63, 3.8) is 0 Å². The van der Waals surface area contributed by atoms with Crippen LogP contribution in [-0.4, -0.2) is 43.7 Å². The summed E-state index contributed by atoms with van der Waals surface area (Å²) in [5.74, 6) is -0.358. The minimum atomic E-state index is -0.348. The maximum atomic E-state index is 13.8. The Morgan fingerprint density at radius 3 is 2.45 bits per heavy atom. The molecule has 2 amide bonds. The van der Waals surface area contributed by atoms with Crippen molar-refractivity contribution in [3.05, 3.63) is 65.2 Å². The summed E-state index contributed by atoms with van der Waals surface area (Å²) in [5, 5.41) is 5.86. The van der Waals surface area contributed by atoms with Crippen LogP contribution in [0, 0.1) is 11.6 Å². The van der Waals surface area contributed by atoms with Crippen LogP contribution in [-0.2, 0) is 13.0 Å². The van der Waals surface area contributed by atoms with Crippen molar-refractivity contribution in [2.24, 2.45) is 0 Å². The van der Waals surface area contributed by atoms with Crippen LogP contribution in [0.3, 0.4) is 0 Å². The van der Waals surface area contributed by atoms with Gasteiger partial charge in [0.25, 0.3) is 0 Å². The van der Waals surface area contributed by atoms with Crippen LogP contribution in [0.25, 0.3) is 0 Å². The first kappa shape index (κ1) is 21.0. The molecule has 0 aliphatic carbocycles. The molecule has 7 heteroatoms. The smallest absolute Gasteiger partial charge is 0.315 e. The summed E-state index contributed by atoms with van der Waals surface area (Å²) in [6.07, 6.45) is 2.36. The predicted octanol–water partition coefficient (Wildman–Crippen LogP) is 3.48. The fraction of sp³-hybridized carbons (Fsp3) is 0.409. The number of ether oxygens (including phenoxy) is 1. The number of halogens is 2. The molecule has 2 N–H and O–H groups in total. The van der Waals surface area contributed by atoms with E-state index in [1.165, 1.54) is 25.3 Å². The molecule has 1 fully saturated rings. The van der Waals surface area contributed by atoms with Gasteiger partial charge in [0.15, 0.2) is 11.6 Å². The Morgan fingerprint density at radius 1 is 1.10 bits per heavy atom. The first-order chi connectivity index (χ1) is 14.0. The molecule has 0 aromatic heterocycles. The lowest BCUT2D eigenvalue weighted by atomic mass is 10.0. The summed E-state index contributed by atoms with van der Waals surface area (Å²) in [5.41, 5.74) is 1.89. The number of piperidine rings is 1. The quantitative estimate of drug-likeness (QED) is 0.744. The number of amides is 2. The van der Waals surface area contributed by atoms with Crippen molar-refractivity contribution in [1.82, 2.24) is 15.5 Å². The van der Waals surface area contributed by atoms with Crippen LogP contribution < -0.4 is 15.4 Å². The highest BCUT2D eigenvalue weighted by molar-refractivity contribution is 5.74. The van der Waals surface area contributed by atoms with Crippen molar-refractivity contribution >= 4 is 6.03 Å². The second-order valence-corrected chi connectivity index (χ2v) is 7.30. The molecule has 1 aliphatic heterocycles. The third kappa shape index (κ3) is 6.42. The molecule has 1 aliphatic rings. The summed E-state index contributed by atoms with van der Waals surface area (Å²) in [6.45, 7) is 2.86. The lowest BCUT2D eigenvalue weighted by Crippen LogP contribution is -2.48. The Bertz CT molecular complexity index is 806. The number of nitrogens with zero attached hydrogens (tertiary/aromatic N) is 1. The molecule has 156 valence electrons. The lowest BCUT2D eigenvalue weighted by Gasteiger charge is -2.32. The number of urea groups is 1. The molecule has 2 aromatic carbocycles. The largest absolute Gasteiger partial charge is 0.494 e. The number of methoxy groups -OCH3 is 1. The number of rotatable bonds is 7. The molecule has 0 unspecified atom stereocenters. The Balaban J connectivity index is 1.35. The van der Waals surface area contributed by atoms with E-state index in [1.54, 1.807) is 18.2 Å². The van der Waals surface area contributed by atoms with Crippen molar-refractivity contribution in [2.45, 2.75) is 31.8 Å². The average molecular weight is 403 g/mol. The molecule has 3 rings (SSSR count). The fourth-order valence-corrected chi connectivity index (χ4v) is 3.51. The van der Waals surface area contributed by atoms with E-state index in [0.29, 0.717) is 19.5 Å². The zero-order chi connectivity index (χ0) is 20.6. The van der Waals surface area contributed by atoms with Gasteiger partial charge in [0.05, 0.1) is 7.11 Å². The molecule has 0 atom stereocenters. The van der Waals surface area contributed by atoms with Gasteiger partial charge in [0.2, 0.25) is 0 Å². The second-order valence-electron chi connectivity index (χ2n) is 7.30. The van der Waals surface area contributed by atoms with Crippen LogP contribution in [0.15, 0.2) is 42.5 Å². The van der Waals surface area contributed by atoms with E-state index in [4.69, 9.17) is 4.74 Å². The SMILES string of the molecule is COc1ccc(CN2CCC(NC(=O)NCCc3ccc(F)cc3)CC2)cc1F. The minimum Gasteiger partial charge on any atom is -0.494 e. The summed E-state index contributed by atoms with van der Waals surface area (Å²) < 4.78 is 31.7. The van der Waals surface area contributed by atoms with Gasteiger partial charge >= 0.3 is 6.03 Å². The van der Waals surface area contributed by atoms with Gasteiger partial charge in [-0.25, -0.2) is 13.6 Å². The Hall–Kier alpha value is -2.67. The van der Waals surface area contributed by atoms with Crippen molar-refractivity contribution in [3.8, 4) is 5.75 Å². The topological polar surface area (TPSA) is 53.6 Å². The van der Waals surface area contributed by atoms with E-state index in [1.807, 2.05) is 6.07 Å². The minimum absolute atomic E-state index is 0.129. The van der Waals surface area contributed by atoms with Gasteiger partial charge in [-0.3, -0.25) is 4.90 Å². The van der Waals surface area contributed by atoms with E-state index >= 15 is 0 Å². The van der Waals surface area contributed by atoms with E-state index in [-0.39, 0.29) is 29.5 Å². The third-order valence-electron chi connectivity index (χ3n) is 5.16. The number of hydrogen-bond acceptors (Lipinski definition) is 3. The van der Waals surface area contributed by atoms with Crippen molar-refractivity contribution in [1.29, 1.82) is 0 Å². The van der Waals surface area contributed by atoms with E-state index in [9.17, 15) is 13.6 Å². The Labute approximate surface area is 170 Å². The highest BCUT2D eigenvalue weighted by Gasteiger charge is 2.21. The zero-order valence-electron chi connectivity index (χ0n) is 16.6. The van der Waals surface area contributed by atoms with Crippen molar-refractivity contribution in [2.75, 3.05) is 26.7 Å². The third-order valence-corrected chi connectivity index (χ3v) is 5.16. The van der Waals surface area contributed by atoms with Gasteiger partial charge in [0, 0.05) is 32.2 Å². The maximum absolute atomic E-state index is 13.8. The van der Waals surface area contributed by atoms with E-state index < -0.39 is 0 Å². The highest BCUT2D eigenvalue weighted by Crippen LogP contribution is 2.20. The first-order valence-corrected chi connectivity index (χ1v) is 9.87. The monoisotopic (exact) mass is 403 g/mol. The number of carbonyl (C=O) groups excluding carboxylic acids is 1. The normalized spacial score (nSPS) is 15.1.